The maximum absolute atomic E-state index is 14.5. The Kier molecular flexibility index (Phi) is 7.63. The van der Waals surface area contributed by atoms with Gasteiger partial charge in [-0.1, -0.05) is 26.8 Å². The summed E-state index contributed by atoms with van der Waals surface area (Å²) in [6.45, 7) is 11.9. The number of piperazine rings is 1. The maximum atomic E-state index is 14.5. The summed E-state index contributed by atoms with van der Waals surface area (Å²) in [5.74, 6) is 3.14. The molecule has 5 atom stereocenters. The van der Waals surface area contributed by atoms with Crippen LogP contribution in [-0.4, -0.2) is 70.7 Å². The Morgan fingerprint density at radius 2 is 2.02 bits per heavy atom. The fourth-order valence-corrected chi connectivity index (χ4v) is 8.45. The van der Waals surface area contributed by atoms with Crippen LogP contribution in [0.25, 0.3) is 10.9 Å². The molecule has 2 aliphatic heterocycles. The fraction of sp³-hybridized carbons (Fsp3) is 0.571. The second-order valence-electron chi connectivity index (χ2n) is 14.1. The first kappa shape index (κ1) is 29.3. The number of anilines is 1. The van der Waals surface area contributed by atoms with Crippen LogP contribution in [0.2, 0.25) is 0 Å². The Morgan fingerprint density at radius 1 is 1.16 bits per heavy atom. The molecule has 234 valence electrons. The van der Waals surface area contributed by atoms with Gasteiger partial charge in [0.25, 0.3) is 5.56 Å². The highest BCUT2D eigenvalue weighted by Gasteiger charge is 2.56. The monoisotopic (exact) mass is 600 g/mol. The molecular weight excluding hydrogens is 555 g/mol. The average molecular weight is 601 g/mol. The Bertz CT molecular complexity index is 1640. The van der Waals surface area contributed by atoms with Crippen LogP contribution in [0.1, 0.15) is 52.0 Å². The number of aryl methyl sites for hydroxylation is 2. The molecule has 1 N–H and O–H groups in total. The molecule has 0 unspecified atom stereocenters. The second-order valence-corrected chi connectivity index (χ2v) is 14.1. The van der Waals surface area contributed by atoms with Crippen molar-refractivity contribution in [2.24, 2.45) is 28.2 Å². The highest BCUT2D eigenvalue weighted by atomic mass is 19.1. The molecule has 5 aliphatic rings. The van der Waals surface area contributed by atoms with Crippen LogP contribution in [-0.2, 0) is 13.0 Å². The average Bonchev–Trinajstić information content (AvgIpc) is 3.49. The van der Waals surface area contributed by atoms with Gasteiger partial charge in [-0.15, -0.1) is 0 Å². The van der Waals surface area contributed by atoms with E-state index in [1.54, 1.807) is 23.0 Å². The van der Waals surface area contributed by atoms with Crippen molar-refractivity contribution in [3.8, 4) is 5.75 Å². The third-order valence-corrected chi connectivity index (χ3v) is 11.5. The summed E-state index contributed by atoms with van der Waals surface area (Å²) in [5.41, 5.74) is 2.37. The van der Waals surface area contributed by atoms with Crippen molar-refractivity contribution >= 4 is 22.5 Å². The van der Waals surface area contributed by atoms with E-state index in [-0.39, 0.29) is 11.4 Å². The van der Waals surface area contributed by atoms with Crippen LogP contribution in [0.3, 0.4) is 0 Å². The van der Waals surface area contributed by atoms with Crippen molar-refractivity contribution in [1.82, 2.24) is 19.4 Å². The van der Waals surface area contributed by atoms with E-state index < -0.39 is 0 Å². The van der Waals surface area contributed by atoms with E-state index in [9.17, 15) is 9.18 Å². The number of hydrogen-bond donors (Lipinski definition) is 1. The van der Waals surface area contributed by atoms with E-state index in [1.807, 2.05) is 18.2 Å². The number of rotatable bonds is 6. The molecule has 2 aromatic carbocycles. The summed E-state index contributed by atoms with van der Waals surface area (Å²) in [6.07, 6.45) is 6.97. The number of guanidine groups is 1. The first-order valence-electron chi connectivity index (χ1n) is 16.4. The smallest absolute Gasteiger partial charge is 0.261 e. The number of halogens is 1. The molecule has 2 bridgehead atoms. The molecular formula is C35H45FN6O2. The summed E-state index contributed by atoms with van der Waals surface area (Å²) < 4.78 is 21.1. The van der Waals surface area contributed by atoms with Gasteiger partial charge in [-0.25, -0.2) is 14.4 Å². The minimum Gasteiger partial charge on any atom is -0.497 e. The SMILES string of the molecule is COc1ccc(CCn2cnc3cc(N/C(=N/[C@H]4C[C@@H]5C[C@H]([C@@H]4C)C5(C)C)N4CCN5CCC[C@H]5C4)ccc3c2=O)c(F)c1. The van der Waals surface area contributed by atoms with Gasteiger partial charge in [0, 0.05) is 44.0 Å². The number of aliphatic imine (C=N–C) groups is 1. The van der Waals surface area contributed by atoms with E-state index in [0.29, 0.717) is 58.6 Å². The summed E-state index contributed by atoms with van der Waals surface area (Å²) in [5, 5.41) is 4.24. The fourth-order valence-electron chi connectivity index (χ4n) is 8.45. The molecule has 0 amide bonds. The zero-order valence-corrected chi connectivity index (χ0v) is 26.4. The van der Waals surface area contributed by atoms with Crippen molar-refractivity contribution in [3.05, 3.63) is 64.5 Å². The zero-order valence-electron chi connectivity index (χ0n) is 26.4. The Morgan fingerprint density at radius 3 is 2.80 bits per heavy atom. The topological polar surface area (TPSA) is 75.0 Å². The van der Waals surface area contributed by atoms with Crippen molar-refractivity contribution < 1.29 is 9.13 Å². The lowest BCUT2D eigenvalue weighted by Gasteiger charge is -2.61. The van der Waals surface area contributed by atoms with Gasteiger partial charge >= 0.3 is 0 Å². The first-order valence-corrected chi connectivity index (χ1v) is 16.4. The summed E-state index contributed by atoms with van der Waals surface area (Å²) in [4.78, 5) is 28.5. The van der Waals surface area contributed by atoms with Crippen LogP contribution >= 0.6 is 0 Å². The maximum Gasteiger partial charge on any atom is 0.261 e. The third kappa shape index (κ3) is 5.27. The Labute approximate surface area is 259 Å². The molecule has 3 heterocycles. The normalized spacial score (nSPS) is 28.1. The van der Waals surface area contributed by atoms with Gasteiger partial charge in [0.2, 0.25) is 0 Å². The molecule has 0 radical (unpaired) electrons. The number of nitrogens with zero attached hydrogens (tertiary/aromatic N) is 5. The predicted octanol–water partition coefficient (Wildman–Crippen LogP) is 5.41. The van der Waals surface area contributed by atoms with Crippen molar-refractivity contribution in [2.45, 2.75) is 71.5 Å². The molecule has 2 saturated heterocycles. The van der Waals surface area contributed by atoms with E-state index in [0.717, 1.165) is 49.5 Å². The third-order valence-electron chi connectivity index (χ3n) is 11.5. The highest BCUT2D eigenvalue weighted by molar-refractivity contribution is 5.96. The van der Waals surface area contributed by atoms with Gasteiger partial charge in [-0.2, -0.15) is 0 Å². The molecule has 8 nitrogen and oxygen atoms in total. The minimum absolute atomic E-state index is 0.125. The van der Waals surface area contributed by atoms with Gasteiger partial charge in [0.05, 0.1) is 30.4 Å². The molecule has 44 heavy (non-hydrogen) atoms. The van der Waals surface area contributed by atoms with E-state index >= 15 is 0 Å². The second kappa shape index (κ2) is 11.5. The Balaban J connectivity index is 1.12. The largest absolute Gasteiger partial charge is 0.497 e. The zero-order chi connectivity index (χ0) is 30.6. The molecule has 0 spiro atoms. The number of methoxy groups -OCH3 is 1. The molecule has 3 aromatic rings. The standard InChI is InChI=1S/C35H45FN6O2/c1-22-29-16-24(35(29,2)3)17-31(22)39-34(41-15-14-40-12-5-6-26(40)20-41)38-25-8-10-28-32(18-25)37-21-42(33(28)43)13-11-23-7-9-27(44-4)19-30(23)36/h7-10,18-19,21-22,24,26,29,31H,5-6,11-17,20H2,1-4H3,(H,38,39)/t22-,24-,26-,29+,31-/m0/s1. The van der Waals surface area contributed by atoms with E-state index in [1.165, 1.54) is 39.0 Å². The van der Waals surface area contributed by atoms with Crippen LogP contribution in [0.4, 0.5) is 10.1 Å². The quantitative estimate of drug-likeness (QED) is 0.302. The van der Waals surface area contributed by atoms with Gasteiger partial charge < -0.3 is 15.0 Å². The lowest BCUT2D eigenvalue weighted by molar-refractivity contribution is -0.108. The number of nitrogens with one attached hydrogen (secondary N) is 1. The van der Waals surface area contributed by atoms with Crippen LogP contribution < -0.4 is 15.6 Å². The molecule has 8 rings (SSSR count). The van der Waals surface area contributed by atoms with Gasteiger partial charge in [-0.3, -0.25) is 14.3 Å². The number of benzene rings is 2. The molecule has 1 aromatic heterocycles. The minimum atomic E-state index is -0.336. The lowest BCUT2D eigenvalue weighted by Crippen LogP contribution is -2.57. The van der Waals surface area contributed by atoms with Crippen molar-refractivity contribution in [3.63, 3.8) is 0 Å². The summed E-state index contributed by atoms with van der Waals surface area (Å²) in [7, 11) is 1.51. The number of fused-ring (bicyclic) bond motifs is 4. The highest BCUT2D eigenvalue weighted by Crippen LogP contribution is 2.61. The van der Waals surface area contributed by atoms with Crippen molar-refractivity contribution in [1.29, 1.82) is 0 Å². The molecule has 9 heteroatoms. The Hall–Kier alpha value is -3.46. The van der Waals surface area contributed by atoms with Gasteiger partial charge in [-0.05, 0) is 91.6 Å². The molecule has 3 aliphatic carbocycles. The number of aromatic nitrogens is 2. The van der Waals surface area contributed by atoms with Crippen LogP contribution in [0.5, 0.6) is 5.75 Å². The van der Waals surface area contributed by atoms with Gasteiger partial charge in [0.1, 0.15) is 11.6 Å². The van der Waals surface area contributed by atoms with Crippen molar-refractivity contribution in [2.75, 3.05) is 38.6 Å². The lowest BCUT2D eigenvalue weighted by atomic mass is 9.45. The first-order chi connectivity index (χ1) is 21.2. The van der Waals surface area contributed by atoms with Crippen LogP contribution in [0, 0.1) is 29.0 Å². The van der Waals surface area contributed by atoms with E-state index in [4.69, 9.17) is 9.73 Å². The number of ether oxygens (including phenoxy) is 1. The summed E-state index contributed by atoms with van der Waals surface area (Å²) in [6, 6.07) is 11.5. The predicted molar refractivity (Wildman–Crippen MR) is 173 cm³/mol. The molecule has 5 fully saturated rings. The molecule has 3 saturated carbocycles. The summed E-state index contributed by atoms with van der Waals surface area (Å²) >= 11 is 0. The van der Waals surface area contributed by atoms with Crippen LogP contribution in [0.15, 0.2) is 52.5 Å². The number of hydrogen-bond acceptors (Lipinski definition) is 5. The van der Waals surface area contributed by atoms with Gasteiger partial charge in [0.15, 0.2) is 5.96 Å². The van der Waals surface area contributed by atoms with E-state index in [2.05, 4.69) is 40.9 Å².